The van der Waals surface area contributed by atoms with E-state index in [0.29, 0.717) is 5.56 Å². The lowest BCUT2D eigenvalue weighted by Crippen LogP contribution is -2.66. The van der Waals surface area contributed by atoms with Crippen molar-refractivity contribution in [2.75, 3.05) is 4.90 Å². The van der Waals surface area contributed by atoms with Crippen LogP contribution in [0.5, 0.6) is 0 Å². The number of aryl methyl sites for hydroxylation is 3. The third-order valence-electron chi connectivity index (χ3n) is 6.81. The quantitative estimate of drug-likeness (QED) is 0.623. The molecule has 1 heterocycles. The summed E-state index contributed by atoms with van der Waals surface area (Å²) in [4.78, 5) is 27.6. The van der Waals surface area contributed by atoms with Crippen molar-refractivity contribution in [1.82, 2.24) is 4.72 Å². The summed E-state index contributed by atoms with van der Waals surface area (Å²) in [7, 11) is -4.86. The Morgan fingerprint density at radius 1 is 0.917 bits per heavy atom. The Hall–Kier alpha value is -2.98. The van der Waals surface area contributed by atoms with Crippen LogP contribution in [-0.4, -0.2) is 31.8 Å². The molecule has 6 nitrogen and oxygen atoms in total. The fourth-order valence-corrected chi connectivity index (χ4v) is 6.15. The molecule has 1 aliphatic carbocycles. The number of Topliss-reactive ketones (excluding diaryl/α,β-unsaturated/α-hetero) is 1. The van der Waals surface area contributed by atoms with Gasteiger partial charge in [0.15, 0.2) is 5.78 Å². The molecule has 1 aliphatic heterocycles. The van der Waals surface area contributed by atoms with Crippen LogP contribution in [0.25, 0.3) is 0 Å². The Balaban J connectivity index is 1.99. The molecule has 36 heavy (non-hydrogen) atoms. The van der Waals surface area contributed by atoms with Gasteiger partial charge in [-0.3, -0.25) is 14.5 Å². The minimum absolute atomic E-state index is 0.0170. The number of hydrogen-bond acceptors (Lipinski definition) is 4. The number of nitrogens with one attached hydrogen (secondary N) is 1. The van der Waals surface area contributed by atoms with E-state index in [1.165, 1.54) is 18.2 Å². The number of nitrogens with zero attached hydrogens (tertiary/aromatic N) is 1. The molecule has 0 saturated heterocycles. The second-order valence-electron chi connectivity index (χ2n) is 10.3. The van der Waals surface area contributed by atoms with Gasteiger partial charge in [-0.2, -0.15) is 17.9 Å². The van der Waals surface area contributed by atoms with Crippen LogP contribution >= 0.6 is 0 Å². The van der Waals surface area contributed by atoms with E-state index in [9.17, 15) is 31.2 Å². The zero-order valence-electron chi connectivity index (χ0n) is 20.6. The number of carbonyl (C=O) groups is 2. The van der Waals surface area contributed by atoms with E-state index in [-0.39, 0.29) is 24.2 Å². The van der Waals surface area contributed by atoms with Crippen LogP contribution in [-0.2, 0) is 19.6 Å². The molecule has 0 unspecified atom stereocenters. The molecule has 2 aromatic rings. The summed E-state index contributed by atoms with van der Waals surface area (Å²) in [6.07, 6.45) is -5.71. The third-order valence-corrected chi connectivity index (χ3v) is 8.28. The van der Waals surface area contributed by atoms with Gasteiger partial charge >= 0.3 is 6.18 Å². The van der Waals surface area contributed by atoms with Gasteiger partial charge in [0.25, 0.3) is 5.91 Å². The SMILES string of the molecule is Cc1ccc(S(=O)(=O)N[C@@]2(C(F)(F)F)C(=O)N(c3ccc(C)c(C)c3)C3=C2C(=O)CC(C)(C)C3)cc1. The van der Waals surface area contributed by atoms with Crippen LogP contribution in [0.15, 0.2) is 58.6 Å². The van der Waals surface area contributed by atoms with Gasteiger partial charge < -0.3 is 0 Å². The highest BCUT2D eigenvalue weighted by molar-refractivity contribution is 7.89. The van der Waals surface area contributed by atoms with E-state index in [0.717, 1.165) is 28.2 Å². The summed E-state index contributed by atoms with van der Waals surface area (Å²) in [5.41, 5.74) is -3.03. The lowest BCUT2D eigenvalue weighted by atomic mass is 9.72. The van der Waals surface area contributed by atoms with Crippen molar-refractivity contribution in [3.63, 3.8) is 0 Å². The number of alkyl halides is 3. The maximum absolute atomic E-state index is 15.0. The van der Waals surface area contributed by atoms with Crippen molar-refractivity contribution in [2.24, 2.45) is 5.41 Å². The number of carbonyl (C=O) groups excluding carboxylic acids is 2. The number of benzene rings is 2. The number of allylic oxidation sites excluding steroid dienone is 1. The largest absolute Gasteiger partial charge is 0.421 e. The van der Waals surface area contributed by atoms with Crippen LogP contribution in [0, 0.1) is 26.2 Å². The van der Waals surface area contributed by atoms with E-state index in [1.54, 1.807) is 44.5 Å². The molecule has 0 radical (unpaired) electrons. The third kappa shape index (κ3) is 4.06. The molecule has 0 aromatic heterocycles. The number of rotatable bonds is 4. The van der Waals surface area contributed by atoms with Crippen molar-refractivity contribution in [3.05, 3.63) is 70.4 Å². The van der Waals surface area contributed by atoms with Gasteiger partial charge in [0.1, 0.15) is 0 Å². The number of amides is 1. The maximum atomic E-state index is 15.0. The summed E-state index contributed by atoms with van der Waals surface area (Å²) in [6, 6.07) is 9.91. The van der Waals surface area contributed by atoms with Crippen molar-refractivity contribution in [2.45, 2.75) is 64.1 Å². The van der Waals surface area contributed by atoms with Crippen LogP contribution in [0.3, 0.4) is 0 Å². The lowest BCUT2D eigenvalue weighted by molar-refractivity contribution is -0.184. The first kappa shape index (κ1) is 26.1. The molecule has 2 aliphatic rings. The normalized spacial score (nSPS) is 22.3. The van der Waals surface area contributed by atoms with Crippen molar-refractivity contribution in [3.8, 4) is 0 Å². The standard InChI is InChI=1S/C26H27F3N2O4S/c1-15-6-10-19(11-7-15)36(34,35)30-25(26(27,28)29)22-20(13-24(4,5)14-21(22)32)31(23(25)33)18-9-8-16(2)17(3)12-18/h6-12,30H,13-14H2,1-5H3/t25-/m1/s1. The number of halogens is 3. The number of ketones is 1. The highest BCUT2D eigenvalue weighted by Gasteiger charge is 2.72. The minimum atomic E-state index is -5.44. The van der Waals surface area contributed by atoms with Crippen LogP contribution in [0.2, 0.25) is 0 Å². The first-order chi connectivity index (χ1) is 16.5. The monoisotopic (exact) mass is 520 g/mol. The highest BCUT2D eigenvalue weighted by Crippen LogP contribution is 2.53. The van der Waals surface area contributed by atoms with E-state index < -0.39 is 49.3 Å². The summed E-state index contributed by atoms with van der Waals surface area (Å²) >= 11 is 0. The maximum Gasteiger partial charge on any atom is 0.421 e. The summed E-state index contributed by atoms with van der Waals surface area (Å²) in [5.74, 6) is -2.48. The van der Waals surface area contributed by atoms with Crippen LogP contribution < -0.4 is 9.62 Å². The fraction of sp³-hybridized carbons (Fsp3) is 0.385. The predicted octanol–water partition coefficient (Wildman–Crippen LogP) is 4.88. The topological polar surface area (TPSA) is 83.6 Å². The Morgan fingerprint density at radius 2 is 1.53 bits per heavy atom. The number of hydrogen-bond donors (Lipinski definition) is 1. The fourth-order valence-electron chi connectivity index (χ4n) is 4.83. The molecule has 192 valence electrons. The second kappa shape index (κ2) is 8.27. The van der Waals surface area contributed by atoms with Crippen molar-refractivity contribution in [1.29, 1.82) is 0 Å². The molecule has 0 fully saturated rings. The molecule has 2 aromatic carbocycles. The molecular formula is C26H27F3N2O4S. The molecule has 1 N–H and O–H groups in total. The van der Waals surface area contributed by atoms with Gasteiger partial charge in [0, 0.05) is 17.8 Å². The molecular weight excluding hydrogens is 493 g/mol. The van der Waals surface area contributed by atoms with E-state index >= 15 is 0 Å². The number of anilines is 1. The summed E-state index contributed by atoms with van der Waals surface area (Å²) in [5, 5.41) is 0. The molecule has 10 heteroatoms. The Kier molecular flexibility index (Phi) is 6.00. The first-order valence-corrected chi connectivity index (χ1v) is 12.8. The smallest absolute Gasteiger partial charge is 0.294 e. The van der Waals surface area contributed by atoms with Gasteiger partial charge in [-0.05, 0) is 68.0 Å². The molecule has 0 spiro atoms. The van der Waals surface area contributed by atoms with Gasteiger partial charge in [0.2, 0.25) is 15.6 Å². The van der Waals surface area contributed by atoms with E-state index in [1.807, 2.05) is 6.92 Å². The molecule has 4 rings (SSSR count). The Morgan fingerprint density at radius 3 is 2.08 bits per heavy atom. The Labute approximate surface area is 208 Å². The van der Waals surface area contributed by atoms with Crippen LogP contribution in [0.4, 0.5) is 18.9 Å². The molecule has 1 amide bonds. The van der Waals surface area contributed by atoms with Crippen molar-refractivity contribution >= 4 is 27.4 Å². The van der Waals surface area contributed by atoms with Gasteiger partial charge in [-0.15, -0.1) is 0 Å². The minimum Gasteiger partial charge on any atom is -0.294 e. The van der Waals surface area contributed by atoms with Crippen LogP contribution in [0.1, 0.15) is 43.4 Å². The summed E-state index contributed by atoms with van der Waals surface area (Å²) in [6.45, 7) is 8.71. The highest BCUT2D eigenvalue weighted by atomic mass is 32.2. The van der Waals surface area contributed by atoms with E-state index in [4.69, 9.17) is 0 Å². The average Bonchev–Trinajstić information content (AvgIpc) is 2.97. The summed E-state index contributed by atoms with van der Waals surface area (Å²) < 4.78 is 73.1. The Bertz CT molecular complexity index is 1410. The van der Waals surface area contributed by atoms with Gasteiger partial charge in [-0.1, -0.05) is 37.6 Å². The molecule has 0 bridgehead atoms. The second-order valence-corrected chi connectivity index (χ2v) is 12.0. The lowest BCUT2D eigenvalue weighted by Gasteiger charge is -2.35. The number of sulfonamides is 1. The molecule has 1 atom stereocenters. The van der Waals surface area contributed by atoms with Gasteiger partial charge in [-0.25, -0.2) is 8.42 Å². The predicted molar refractivity (Wildman–Crippen MR) is 129 cm³/mol. The zero-order valence-corrected chi connectivity index (χ0v) is 21.4. The first-order valence-electron chi connectivity index (χ1n) is 11.4. The average molecular weight is 521 g/mol. The van der Waals surface area contributed by atoms with Crippen molar-refractivity contribution < 1.29 is 31.2 Å². The zero-order chi connectivity index (χ0) is 26.8. The molecule has 0 saturated carbocycles. The van der Waals surface area contributed by atoms with Gasteiger partial charge in [0.05, 0.1) is 10.5 Å². The van der Waals surface area contributed by atoms with E-state index in [2.05, 4.69) is 0 Å².